The van der Waals surface area contributed by atoms with E-state index < -0.39 is 18.5 Å². The van der Waals surface area contributed by atoms with Gasteiger partial charge in [0, 0.05) is 25.5 Å². The SMILES string of the molecule is CN(C)c1ccc(/C=C(\C#N)C(=O)OCC(=O)Nc2ccc(OCc3ccccc3)cc2)cc1. The molecule has 7 heteroatoms. The Kier molecular flexibility index (Phi) is 8.42. The van der Waals surface area contributed by atoms with Crippen molar-refractivity contribution in [3.05, 3.63) is 95.6 Å². The standard InChI is InChI=1S/C27H25N3O4/c1-30(2)24-12-8-20(9-13-24)16-22(17-28)27(32)34-19-26(31)29-23-10-14-25(15-11-23)33-18-21-6-4-3-5-7-21/h3-16H,18-19H2,1-2H3,(H,29,31)/b22-16+. The van der Waals surface area contributed by atoms with Crippen molar-refractivity contribution in [2.45, 2.75) is 6.61 Å². The fourth-order valence-electron chi connectivity index (χ4n) is 2.95. The topological polar surface area (TPSA) is 91.7 Å². The molecule has 0 unspecified atom stereocenters. The van der Waals surface area contributed by atoms with Crippen molar-refractivity contribution < 1.29 is 19.1 Å². The first-order chi connectivity index (χ1) is 16.4. The molecule has 0 aromatic heterocycles. The first-order valence-corrected chi connectivity index (χ1v) is 10.6. The van der Waals surface area contributed by atoms with Crippen molar-refractivity contribution in [2.24, 2.45) is 0 Å². The third-order valence-electron chi connectivity index (χ3n) is 4.78. The predicted molar refractivity (Wildman–Crippen MR) is 131 cm³/mol. The number of hydrogen-bond donors (Lipinski definition) is 1. The summed E-state index contributed by atoms with van der Waals surface area (Å²) in [5.74, 6) is -0.714. The summed E-state index contributed by atoms with van der Waals surface area (Å²) in [5, 5.41) is 11.9. The van der Waals surface area contributed by atoms with Crippen LogP contribution in [-0.2, 0) is 20.9 Å². The van der Waals surface area contributed by atoms with Crippen LogP contribution in [0.2, 0.25) is 0 Å². The van der Waals surface area contributed by atoms with E-state index >= 15 is 0 Å². The fourth-order valence-corrected chi connectivity index (χ4v) is 2.95. The minimum absolute atomic E-state index is 0.190. The number of nitriles is 1. The Labute approximate surface area is 198 Å². The van der Waals surface area contributed by atoms with Crippen LogP contribution in [0.15, 0.2) is 84.4 Å². The highest BCUT2D eigenvalue weighted by Gasteiger charge is 2.13. The second-order valence-electron chi connectivity index (χ2n) is 7.58. The summed E-state index contributed by atoms with van der Waals surface area (Å²) >= 11 is 0. The normalized spacial score (nSPS) is 10.7. The summed E-state index contributed by atoms with van der Waals surface area (Å²) in [4.78, 5) is 26.3. The highest BCUT2D eigenvalue weighted by Crippen LogP contribution is 2.18. The molecule has 1 N–H and O–H groups in total. The number of anilines is 2. The Bertz CT molecular complexity index is 1180. The van der Waals surface area contributed by atoms with E-state index in [9.17, 15) is 14.9 Å². The highest BCUT2D eigenvalue weighted by molar-refractivity contribution is 6.00. The smallest absolute Gasteiger partial charge is 0.349 e. The molecule has 0 saturated carbocycles. The highest BCUT2D eigenvalue weighted by atomic mass is 16.5. The first-order valence-electron chi connectivity index (χ1n) is 10.6. The van der Waals surface area contributed by atoms with Crippen molar-refractivity contribution in [1.82, 2.24) is 0 Å². The second kappa shape index (κ2) is 11.9. The molecule has 0 fully saturated rings. The maximum absolute atomic E-state index is 12.2. The summed E-state index contributed by atoms with van der Waals surface area (Å²) in [6.07, 6.45) is 1.42. The lowest BCUT2D eigenvalue weighted by Gasteiger charge is -2.11. The van der Waals surface area contributed by atoms with E-state index in [1.807, 2.05) is 67.5 Å². The zero-order chi connectivity index (χ0) is 24.3. The average molecular weight is 456 g/mol. The van der Waals surface area contributed by atoms with E-state index in [0.29, 0.717) is 23.6 Å². The van der Waals surface area contributed by atoms with Crippen LogP contribution in [-0.4, -0.2) is 32.6 Å². The van der Waals surface area contributed by atoms with E-state index in [1.54, 1.807) is 36.4 Å². The molecule has 0 radical (unpaired) electrons. The number of nitrogens with one attached hydrogen (secondary N) is 1. The van der Waals surface area contributed by atoms with Crippen molar-refractivity contribution >= 4 is 29.3 Å². The van der Waals surface area contributed by atoms with E-state index in [2.05, 4.69) is 5.32 Å². The van der Waals surface area contributed by atoms with Gasteiger partial charge in [-0.3, -0.25) is 4.79 Å². The molecule has 0 atom stereocenters. The molecule has 0 aliphatic heterocycles. The molecule has 1 amide bonds. The lowest BCUT2D eigenvalue weighted by atomic mass is 10.1. The molecule has 3 aromatic rings. The maximum Gasteiger partial charge on any atom is 0.349 e. The Morgan fingerprint density at radius 2 is 1.65 bits per heavy atom. The first kappa shape index (κ1) is 24.1. The number of rotatable bonds is 9. The number of carbonyl (C=O) groups excluding carboxylic acids is 2. The predicted octanol–water partition coefficient (Wildman–Crippen LogP) is 4.42. The monoisotopic (exact) mass is 455 g/mol. The number of hydrogen-bond acceptors (Lipinski definition) is 6. The van der Waals surface area contributed by atoms with Gasteiger partial charge in [0.1, 0.15) is 24.0 Å². The lowest BCUT2D eigenvalue weighted by molar-refractivity contribution is -0.142. The van der Waals surface area contributed by atoms with Crippen LogP contribution in [0, 0.1) is 11.3 Å². The Morgan fingerprint density at radius 3 is 2.26 bits per heavy atom. The van der Waals surface area contributed by atoms with Crippen LogP contribution in [0.3, 0.4) is 0 Å². The lowest BCUT2D eigenvalue weighted by Crippen LogP contribution is -2.21. The molecule has 0 aliphatic carbocycles. The van der Waals surface area contributed by atoms with Crippen molar-refractivity contribution in [3.8, 4) is 11.8 Å². The molecule has 7 nitrogen and oxygen atoms in total. The summed E-state index contributed by atoms with van der Waals surface area (Å²) in [6, 6.07) is 25.8. The van der Waals surface area contributed by atoms with Crippen molar-refractivity contribution in [3.63, 3.8) is 0 Å². The Morgan fingerprint density at radius 1 is 0.971 bits per heavy atom. The van der Waals surface area contributed by atoms with Gasteiger partial charge in [0.2, 0.25) is 0 Å². The Balaban J connectivity index is 1.48. The van der Waals surface area contributed by atoms with Crippen LogP contribution in [0.5, 0.6) is 5.75 Å². The van der Waals surface area contributed by atoms with Gasteiger partial charge < -0.3 is 19.7 Å². The molecular formula is C27H25N3O4. The fraction of sp³-hybridized carbons (Fsp3) is 0.148. The van der Waals surface area contributed by atoms with Gasteiger partial charge in [-0.05, 0) is 53.6 Å². The van der Waals surface area contributed by atoms with Crippen molar-refractivity contribution in [1.29, 1.82) is 5.26 Å². The van der Waals surface area contributed by atoms with Gasteiger partial charge in [0.15, 0.2) is 6.61 Å². The minimum atomic E-state index is -0.862. The molecule has 172 valence electrons. The summed E-state index contributed by atoms with van der Waals surface area (Å²) in [5.41, 5.74) is 3.07. The number of esters is 1. The molecule has 0 aliphatic rings. The quantitative estimate of drug-likeness (QED) is 0.292. The average Bonchev–Trinajstić information content (AvgIpc) is 2.86. The van der Waals surface area contributed by atoms with E-state index in [4.69, 9.17) is 9.47 Å². The third kappa shape index (κ3) is 7.24. The van der Waals surface area contributed by atoms with E-state index in [1.165, 1.54) is 6.08 Å². The molecule has 34 heavy (non-hydrogen) atoms. The molecule has 0 bridgehead atoms. The third-order valence-corrected chi connectivity index (χ3v) is 4.78. The van der Waals surface area contributed by atoms with Gasteiger partial charge in [-0.25, -0.2) is 4.79 Å². The van der Waals surface area contributed by atoms with Gasteiger partial charge in [-0.1, -0.05) is 42.5 Å². The van der Waals surface area contributed by atoms with Gasteiger partial charge in [0.25, 0.3) is 5.91 Å². The van der Waals surface area contributed by atoms with E-state index in [0.717, 1.165) is 11.3 Å². The minimum Gasteiger partial charge on any atom is -0.489 e. The molecule has 0 spiro atoms. The summed E-state index contributed by atoms with van der Waals surface area (Å²) < 4.78 is 10.7. The zero-order valence-corrected chi connectivity index (χ0v) is 19.0. The number of nitrogens with zero attached hydrogens (tertiary/aromatic N) is 2. The zero-order valence-electron chi connectivity index (χ0n) is 19.0. The van der Waals surface area contributed by atoms with Gasteiger partial charge >= 0.3 is 5.97 Å². The molecule has 3 rings (SSSR count). The maximum atomic E-state index is 12.2. The summed E-state index contributed by atoms with van der Waals surface area (Å²) in [6.45, 7) is -0.0687. The van der Waals surface area contributed by atoms with Gasteiger partial charge in [-0.15, -0.1) is 0 Å². The van der Waals surface area contributed by atoms with E-state index in [-0.39, 0.29) is 5.57 Å². The van der Waals surface area contributed by atoms with Crippen LogP contribution >= 0.6 is 0 Å². The van der Waals surface area contributed by atoms with Crippen LogP contribution in [0.4, 0.5) is 11.4 Å². The second-order valence-corrected chi connectivity index (χ2v) is 7.58. The Hall–Kier alpha value is -4.57. The molecule has 0 saturated heterocycles. The van der Waals surface area contributed by atoms with Crippen LogP contribution < -0.4 is 15.0 Å². The molecule has 0 heterocycles. The van der Waals surface area contributed by atoms with Crippen LogP contribution in [0.1, 0.15) is 11.1 Å². The van der Waals surface area contributed by atoms with Crippen LogP contribution in [0.25, 0.3) is 6.08 Å². The number of ether oxygens (including phenoxy) is 2. The largest absolute Gasteiger partial charge is 0.489 e. The number of amides is 1. The van der Waals surface area contributed by atoms with Gasteiger partial charge in [-0.2, -0.15) is 5.26 Å². The number of carbonyl (C=O) groups is 2. The molecule has 3 aromatic carbocycles. The summed E-state index contributed by atoms with van der Waals surface area (Å²) in [7, 11) is 3.84. The number of benzene rings is 3. The van der Waals surface area contributed by atoms with Gasteiger partial charge in [0.05, 0.1) is 0 Å². The van der Waals surface area contributed by atoms with Crippen molar-refractivity contribution in [2.75, 3.05) is 30.9 Å². The molecular weight excluding hydrogens is 430 g/mol.